The lowest BCUT2D eigenvalue weighted by Gasteiger charge is -2.16. The van der Waals surface area contributed by atoms with E-state index in [9.17, 15) is 4.79 Å². The van der Waals surface area contributed by atoms with E-state index in [1.165, 1.54) is 0 Å². The third-order valence-electron chi connectivity index (χ3n) is 2.25. The molecule has 1 N–H and O–H groups in total. The third-order valence-corrected chi connectivity index (χ3v) is 2.25. The zero-order valence-corrected chi connectivity index (χ0v) is 10.4. The minimum atomic E-state index is -0.979. The molecule has 94 valence electrons. The second-order valence-corrected chi connectivity index (χ2v) is 3.89. The summed E-state index contributed by atoms with van der Waals surface area (Å²) < 4.78 is 10.8. The Morgan fingerprint density at radius 3 is 2.76 bits per heavy atom. The van der Waals surface area contributed by atoms with Crippen molar-refractivity contribution in [1.82, 2.24) is 0 Å². The molecule has 0 aliphatic rings. The highest BCUT2D eigenvalue weighted by Crippen LogP contribution is 2.21. The summed E-state index contributed by atoms with van der Waals surface area (Å²) >= 11 is 0. The molecular formula is C13H18O4. The van der Waals surface area contributed by atoms with Crippen molar-refractivity contribution in [2.24, 2.45) is 0 Å². The largest absolute Gasteiger partial charge is 0.487 e. The van der Waals surface area contributed by atoms with Crippen molar-refractivity contribution in [3.05, 3.63) is 29.3 Å². The number of rotatable bonds is 6. The van der Waals surface area contributed by atoms with E-state index in [0.717, 1.165) is 5.56 Å². The first-order valence-electron chi connectivity index (χ1n) is 5.63. The van der Waals surface area contributed by atoms with Crippen molar-refractivity contribution >= 4 is 5.97 Å². The normalized spacial score (nSPS) is 12.2. The zero-order valence-electron chi connectivity index (χ0n) is 10.4. The van der Waals surface area contributed by atoms with E-state index in [1.54, 1.807) is 12.1 Å². The Balaban J connectivity index is 2.79. The van der Waals surface area contributed by atoms with Crippen molar-refractivity contribution in [2.45, 2.75) is 26.9 Å². The lowest BCUT2D eigenvalue weighted by atomic mass is 10.1. The van der Waals surface area contributed by atoms with Crippen molar-refractivity contribution in [3.8, 4) is 5.75 Å². The molecule has 0 aliphatic carbocycles. The molecule has 1 atom stereocenters. The van der Waals surface area contributed by atoms with Gasteiger partial charge in [-0.3, -0.25) is 0 Å². The standard InChI is InChI=1S/C13H18O4/c1-4-16-8-10(3)17-12-6-5-9(2)7-11(12)13(14)15/h5-7,10H,4,8H2,1-3H3,(H,14,15). The number of hydrogen-bond donors (Lipinski definition) is 1. The number of benzene rings is 1. The van der Waals surface area contributed by atoms with Crippen LogP contribution in [-0.2, 0) is 4.74 Å². The molecular weight excluding hydrogens is 220 g/mol. The van der Waals surface area contributed by atoms with Crippen molar-refractivity contribution in [1.29, 1.82) is 0 Å². The Morgan fingerprint density at radius 2 is 2.18 bits per heavy atom. The molecule has 0 aliphatic heterocycles. The first-order chi connectivity index (χ1) is 8.04. The van der Waals surface area contributed by atoms with Crippen molar-refractivity contribution < 1.29 is 19.4 Å². The first-order valence-corrected chi connectivity index (χ1v) is 5.63. The van der Waals surface area contributed by atoms with Crippen LogP contribution in [0.15, 0.2) is 18.2 Å². The summed E-state index contributed by atoms with van der Waals surface area (Å²) in [5.74, 6) is -0.595. The second kappa shape index (κ2) is 6.25. The lowest BCUT2D eigenvalue weighted by molar-refractivity contribution is 0.0607. The summed E-state index contributed by atoms with van der Waals surface area (Å²) in [6.45, 7) is 6.67. The van der Waals surface area contributed by atoms with E-state index in [-0.39, 0.29) is 11.7 Å². The Morgan fingerprint density at radius 1 is 1.47 bits per heavy atom. The van der Waals surface area contributed by atoms with E-state index < -0.39 is 5.97 Å². The summed E-state index contributed by atoms with van der Waals surface area (Å²) in [5, 5.41) is 9.07. The molecule has 0 radical (unpaired) electrons. The highest BCUT2D eigenvalue weighted by Gasteiger charge is 2.13. The average Bonchev–Trinajstić information content (AvgIpc) is 2.28. The Kier molecular flexibility index (Phi) is 4.97. The van der Waals surface area contributed by atoms with Gasteiger partial charge in [0.25, 0.3) is 0 Å². The molecule has 1 aromatic rings. The van der Waals surface area contributed by atoms with E-state index >= 15 is 0 Å². The van der Waals surface area contributed by atoms with E-state index in [0.29, 0.717) is 19.0 Å². The van der Waals surface area contributed by atoms with Crippen LogP contribution in [0.5, 0.6) is 5.75 Å². The van der Waals surface area contributed by atoms with Gasteiger partial charge in [0.15, 0.2) is 0 Å². The summed E-state index contributed by atoms with van der Waals surface area (Å²) in [4.78, 5) is 11.1. The molecule has 1 aromatic carbocycles. The second-order valence-electron chi connectivity index (χ2n) is 3.89. The van der Waals surface area contributed by atoms with Gasteiger partial charge < -0.3 is 14.6 Å². The van der Waals surface area contributed by atoms with Crippen LogP contribution >= 0.6 is 0 Å². The van der Waals surface area contributed by atoms with Gasteiger partial charge in [-0.05, 0) is 32.9 Å². The van der Waals surface area contributed by atoms with Crippen LogP contribution in [0.1, 0.15) is 29.8 Å². The monoisotopic (exact) mass is 238 g/mol. The molecule has 0 heterocycles. The van der Waals surface area contributed by atoms with Gasteiger partial charge in [-0.1, -0.05) is 11.6 Å². The summed E-state index contributed by atoms with van der Waals surface area (Å²) in [6, 6.07) is 5.11. The quantitative estimate of drug-likeness (QED) is 0.827. The Bertz CT molecular complexity index is 387. The molecule has 1 unspecified atom stereocenters. The van der Waals surface area contributed by atoms with Gasteiger partial charge in [0.05, 0.1) is 6.61 Å². The van der Waals surface area contributed by atoms with Crippen LogP contribution in [0.3, 0.4) is 0 Å². The number of carboxylic acids is 1. The van der Waals surface area contributed by atoms with Gasteiger partial charge in [-0.25, -0.2) is 4.79 Å². The fraction of sp³-hybridized carbons (Fsp3) is 0.462. The topological polar surface area (TPSA) is 55.8 Å². The maximum atomic E-state index is 11.1. The number of carbonyl (C=O) groups is 1. The fourth-order valence-corrected chi connectivity index (χ4v) is 1.45. The maximum Gasteiger partial charge on any atom is 0.339 e. The van der Waals surface area contributed by atoms with Crippen molar-refractivity contribution in [2.75, 3.05) is 13.2 Å². The molecule has 17 heavy (non-hydrogen) atoms. The maximum absolute atomic E-state index is 11.1. The minimum absolute atomic E-state index is 0.171. The van der Waals surface area contributed by atoms with Gasteiger partial charge in [0.2, 0.25) is 0 Å². The molecule has 0 saturated carbocycles. The summed E-state index contributed by atoms with van der Waals surface area (Å²) in [7, 11) is 0. The first kappa shape index (κ1) is 13.5. The molecule has 1 rings (SSSR count). The molecule has 0 fully saturated rings. The van der Waals surface area contributed by atoms with Gasteiger partial charge in [0.1, 0.15) is 17.4 Å². The van der Waals surface area contributed by atoms with Gasteiger partial charge in [-0.2, -0.15) is 0 Å². The lowest BCUT2D eigenvalue weighted by Crippen LogP contribution is -2.20. The highest BCUT2D eigenvalue weighted by molar-refractivity contribution is 5.91. The predicted molar refractivity (Wildman–Crippen MR) is 64.7 cm³/mol. The van der Waals surface area contributed by atoms with E-state index in [2.05, 4.69) is 0 Å². The minimum Gasteiger partial charge on any atom is -0.487 e. The summed E-state index contributed by atoms with van der Waals surface area (Å²) in [5.41, 5.74) is 1.08. The number of aromatic carboxylic acids is 1. The van der Waals surface area contributed by atoms with Crippen molar-refractivity contribution in [3.63, 3.8) is 0 Å². The number of carboxylic acid groups (broad SMARTS) is 1. The zero-order chi connectivity index (χ0) is 12.8. The van der Waals surface area contributed by atoms with Crippen LogP contribution in [-0.4, -0.2) is 30.4 Å². The molecule has 4 heteroatoms. The number of hydrogen-bond acceptors (Lipinski definition) is 3. The van der Waals surface area contributed by atoms with Crippen LogP contribution in [0.2, 0.25) is 0 Å². The van der Waals surface area contributed by atoms with Gasteiger partial charge in [0, 0.05) is 6.61 Å². The molecule has 0 aromatic heterocycles. The molecule has 0 saturated heterocycles. The molecule has 0 spiro atoms. The van der Waals surface area contributed by atoms with Crippen LogP contribution in [0, 0.1) is 6.92 Å². The summed E-state index contributed by atoms with van der Waals surface area (Å²) in [6.07, 6.45) is -0.171. The molecule has 4 nitrogen and oxygen atoms in total. The van der Waals surface area contributed by atoms with E-state index in [4.69, 9.17) is 14.6 Å². The number of aryl methyl sites for hydroxylation is 1. The predicted octanol–water partition coefficient (Wildman–Crippen LogP) is 2.50. The van der Waals surface area contributed by atoms with Gasteiger partial charge in [-0.15, -0.1) is 0 Å². The molecule has 0 bridgehead atoms. The van der Waals surface area contributed by atoms with Gasteiger partial charge >= 0.3 is 5.97 Å². The van der Waals surface area contributed by atoms with E-state index in [1.807, 2.05) is 26.8 Å². The average molecular weight is 238 g/mol. The Hall–Kier alpha value is -1.55. The Labute approximate surface area is 101 Å². The van der Waals surface area contributed by atoms with Crippen LogP contribution in [0.25, 0.3) is 0 Å². The van der Waals surface area contributed by atoms with Crippen LogP contribution < -0.4 is 4.74 Å². The highest BCUT2D eigenvalue weighted by atomic mass is 16.5. The molecule has 0 amide bonds. The number of ether oxygens (including phenoxy) is 2. The smallest absolute Gasteiger partial charge is 0.339 e. The fourth-order valence-electron chi connectivity index (χ4n) is 1.45. The SMILES string of the molecule is CCOCC(C)Oc1ccc(C)cc1C(=O)O. The third kappa shape index (κ3) is 4.07. The van der Waals surface area contributed by atoms with Crippen LogP contribution in [0.4, 0.5) is 0 Å².